The molecule has 1 unspecified atom stereocenters. The SMILES string of the molecule is CC1CCN(CC2CCCN(C(=O)c3cccc(N4CCNC4=O)c3)C2)CC1. The van der Waals surface area contributed by atoms with E-state index in [1.165, 1.54) is 32.4 Å². The maximum atomic E-state index is 13.1. The first-order valence-corrected chi connectivity index (χ1v) is 10.8. The Hall–Kier alpha value is -2.08. The number of rotatable bonds is 4. The third-order valence-electron chi connectivity index (χ3n) is 6.46. The molecule has 0 bridgehead atoms. The zero-order valence-corrected chi connectivity index (χ0v) is 16.9. The third-order valence-corrected chi connectivity index (χ3v) is 6.46. The number of urea groups is 1. The van der Waals surface area contributed by atoms with E-state index in [-0.39, 0.29) is 11.9 Å². The molecular weight excluding hydrogens is 352 g/mol. The first-order chi connectivity index (χ1) is 13.6. The topological polar surface area (TPSA) is 55.9 Å². The van der Waals surface area contributed by atoms with E-state index in [0.717, 1.165) is 37.7 Å². The summed E-state index contributed by atoms with van der Waals surface area (Å²) >= 11 is 0. The minimum atomic E-state index is -0.0847. The smallest absolute Gasteiger partial charge is 0.321 e. The van der Waals surface area contributed by atoms with Crippen LogP contribution in [0.3, 0.4) is 0 Å². The molecule has 0 spiro atoms. The highest BCUT2D eigenvalue weighted by molar-refractivity contribution is 5.98. The largest absolute Gasteiger partial charge is 0.338 e. The second kappa shape index (κ2) is 8.52. The van der Waals surface area contributed by atoms with Crippen molar-refractivity contribution < 1.29 is 9.59 Å². The van der Waals surface area contributed by atoms with Crippen molar-refractivity contribution in [1.82, 2.24) is 15.1 Å². The second-order valence-electron chi connectivity index (χ2n) is 8.68. The molecular formula is C22H32N4O2. The summed E-state index contributed by atoms with van der Waals surface area (Å²) in [5.41, 5.74) is 1.49. The quantitative estimate of drug-likeness (QED) is 0.868. The van der Waals surface area contributed by atoms with Gasteiger partial charge in [0.25, 0.3) is 5.91 Å². The predicted molar refractivity (Wildman–Crippen MR) is 111 cm³/mol. The van der Waals surface area contributed by atoms with Crippen LogP contribution in [0.2, 0.25) is 0 Å². The van der Waals surface area contributed by atoms with E-state index in [4.69, 9.17) is 0 Å². The van der Waals surface area contributed by atoms with E-state index >= 15 is 0 Å². The molecule has 3 aliphatic heterocycles. The number of anilines is 1. The zero-order chi connectivity index (χ0) is 19.5. The van der Waals surface area contributed by atoms with Gasteiger partial charge in [0.2, 0.25) is 0 Å². The Morgan fingerprint density at radius 2 is 1.96 bits per heavy atom. The van der Waals surface area contributed by atoms with Gasteiger partial charge in [-0.3, -0.25) is 9.69 Å². The van der Waals surface area contributed by atoms with Gasteiger partial charge < -0.3 is 15.1 Å². The second-order valence-corrected chi connectivity index (χ2v) is 8.68. The number of amides is 3. The van der Waals surface area contributed by atoms with Crippen LogP contribution in [-0.2, 0) is 0 Å². The Bertz CT molecular complexity index is 714. The molecule has 1 aromatic rings. The van der Waals surface area contributed by atoms with E-state index < -0.39 is 0 Å². The normalized spacial score (nSPS) is 24.5. The molecule has 1 atom stereocenters. The van der Waals surface area contributed by atoms with Gasteiger partial charge >= 0.3 is 6.03 Å². The van der Waals surface area contributed by atoms with Gasteiger partial charge in [-0.1, -0.05) is 13.0 Å². The van der Waals surface area contributed by atoms with Crippen molar-refractivity contribution in [3.05, 3.63) is 29.8 Å². The fraction of sp³-hybridized carbons (Fsp3) is 0.636. The summed E-state index contributed by atoms with van der Waals surface area (Å²) < 4.78 is 0. The summed E-state index contributed by atoms with van der Waals surface area (Å²) in [4.78, 5) is 31.4. The number of hydrogen-bond donors (Lipinski definition) is 1. The van der Waals surface area contributed by atoms with E-state index in [2.05, 4.69) is 17.1 Å². The number of hydrogen-bond acceptors (Lipinski definition) is 3. The lowest BCUT2D eigenvalue weighted by atomic mass is 9.94. The highest BCUT2D eigenvalue weighted by Crippen LogP contribution is 2.24. The molecule has 3 heterocycles. The van der Waals surface area contributed by atoms with Crippen LogP contribution in [0.5, 0.6) is 0 Å². The average Bonchev–Trinajstić information content (AvgIpc) is 3.15. The van der Waals surface area contributed by atoms with Gasteiger partial charge in [0.05, 0.1) is 0 Å². The Balaban J connectivity index is 1.38. The molecule has 1 N–H and O–H groups in total. The molecule has 3 aliphatic rings. The van der Waals surface area contributed by atoms with Crippen LogP contribution >= 0.6 is 0 Å². The van der Waals surface area contributed by atoms with E-state index in [1.807, 2.05) is 29.2 Å². The summed E-state index contributed by atoms with van der Waals surface area (Å²) in [5.74, 6) is 1.52. The van der Waals surface area contributed by atoms with Crippen LogP contribution < -0.4 is 10.2 Å². The molecule has 6 heteroatoms. The molecule has 152 valence electrons. The van der Waals surface area contributed by atoms with Gasteiger partial charge in [-0.05, 0) is 68.8 Å². The molecule has 4 rings (SSSR count). The Kier molecular flexibility index (Phi) is 5.85. The number of nitrogens with one attached hydrogen (secondary N) is 1. The fourth-order valence-corrected chi connectivity index (χ4v) is 4.72. The van der Waals surface area contributed by atoms with Gasteiger partial charge in [-0.2, -0.15) is 0 Å². The molecule has 6 nitrogen and oxygen atoms in total. The molecule has 0 aliphatic carbocycles. The van der Waals surface area contributed by atoms with E-state index in [9.17, 15) is 9.59 Å². The zero-order valence-electron chi connectivity index (χ0n) is 16.9. The number of carbonyl (C=O) groups excluding carboxylic acids is 2. The number of carbonyl (C=O) groups is 2. The number of benzene rings is 1. The third kappa shape index (κ3) is 4.32. The monoisotopic (exact) mass is 384 g/mol. The van der Waals surface area contributed by atoms with Crippen molar-refractivity contribution in [1.29, 1.82) is 0 Å². The van der Waals surface area contributed by atoms with Crippen molar-refractivity contribution in [2.75, 3.05) is 50.7 Å². The predicted octanol–water partition coefficient (Wildman–Crippen LogP) is 2.80. The fourth-order valence-electron chi connectivity index (χ4n) is 4.72. The van der Waals surface area contributed by atoms with Crippen molar-refractivity contribution >= 4 is 17.6 Å². The summed E-state index contributed by atoms with van der Waals surface area (Å²) in [5, 5.41) is 2.81. The Labute approximate surface area is 167 Å². The van der Waals surface area contributed by atoms with Gasteiger partial charge in [0, 0.05) is 44.0 Å². The number of likely N-dealkylation sites (tertiary alicyclic amines) is 2. The molecule has 1 aromatic carbocycles. The Morgan fingerprint density at radius 1 is 1.14 bits per heavy atom. The summed E-state index contributed by atoms with van der Waals surface area (Å²) in [6.07, 6.45) is 4.89. The molecule has 3 amide bonds. The van der Waals surface area contributed by atoms with E-state index in [1.54, 1.807) is 4.90 Å². The maximum Gasteiger partial charge on any atom is 0.321 e. The van der Waals surface area contributed by atoms with Crippen LogP contribution in [0.4, 0.5) is 10.5 Å². The van der Waals surface area contributed by atoms with Crippen LogP contribution in [0.1, 0.15) is 43.0 Å². The first-order valence-electron chi connectivity index (χ1n) is 10.8. The van der Waals surface area contributed by atoms with Gasteiger partial charge in [0.15, 0.2) is 0 Å². The highest BCUT2D eigenvalue weighted by atomic mass is 16.2. The minimum absolute atomic E-state index is 0.0847. The van der Waals surface area contributed by atoms with Crippen LogP contribution in [0, 0.1) is 11.8 Å². The molecule has 3 saturated heterocycles. The van der Waals surface area contributed by atoms with Crippen molar-refractivity contribution in [3.63, 3.8) is 0 Å². The maximum absolute atomic E-state index is 13.1. The summed E-state index contributed by atoms with van der Waals surface area (Å²) in [6, 6.07) is 7.43. The van der Waals surface area contributed by atoms with E-state index in [0.29, 0.717) is 24.6 Å². The minimum Gasteiger partial charge on any atom is -0.338 e. The van der Waals surface area contributed by atoms with Crippen LogP contribution in [0.25, 0.3) is 0 Å². The lowest BCUT2D eigenvalue weighted by Gasteiger charge is -2.38. The van der Waals surface area contributed by atoms with Crippen LogP contribution in [0.15, 0.2) is 24.3 Å². The van der Waals surface area contributed by atoms with Crippen LogP contribution in [-0.4, -0.2) is 67.6 Å². The van der Waals surface area contributed by atoms with Gasteiger partial charge in [-0.15, -0.1) is 0 Å². The molecule has 0 saturated carbocycles. The van der Waals surface area contributed by atoms with Gasteiger partial charge in [-0.25, -0.2) is 4.79 Å². The summed E-state index contributed by atoms with van der Waals surface area (Å²) in [7, 11) is 0. The molecule has 28 heavy (non-hydrogen) atoms. The Morgan fingerprint density at radius 3 is 2.71 bits per heavy atom. The standard InChI is InChI=1S/C22H32N4O2/c1-17-7-11-24(12-8-17)15-18-4-3-10-25(16-18)21(27)19-5-2-6-20(14-19)26-13-9-23-22(26)28/h2,5-6,14,17-18H,3-4,7-13,15-16H2,1H3,(H,23,28). The van der Waals surface area contributed by atoms with Crippen molar-refractivity contribution in [2.45, 2.75) is 32.6 Å². The molecule has 0 radical (unpaired) electrons. The number of piperidine rings is 2. The van der Waals surface area contributed by atoms with Gasteiger partial charge in [0.1, 0.15) is 0 Å². The highest BCUT2D eigenvalue weighted by Gasteiger charge is 2.28. The lowest BCUT2D eigenvalue weighted by Crippen LogP contribution is -2.45. The first kappa shape index (κ1) is 19.2. The number of nitrogens with zero attached hydrogens (tertiary/aromatic N) is 3. The molecule has 3 fully saturated rings. The lowest BCUT2D eigenvalue weighted by molar-refractivity contribution is 0.0622. The summed E-state index contributed by atoms with van der Waals surface area (Å²) in [6.45, 7) is 8.84. The van der Waals surface area contributed by atoms with Crippen molar-refractivity contribution in [2.24, 2.45) is 11.8 Å². The average molecular weight is 385 g/mol. The molecule has 0 aromatic heterocycles. The van der Waals surface area contributed by atoms with Crippen molar-refractivity contribution in [3.8, 4) is 0 Å².